The van der Waals surface area contributed by atoms with Gasteiger partial charge in [0.05, 0.1) is 21.1 Å². The zero-order chi connectivity index (χ0) is 14.8. The molecule has 20 heavy (non-hydrogen) atoms. The summed E-state index contributed by atoms with van der Waals surface area (Å²) < 4.78 is 0. The number of hydrogen-bond acceptors (Lipinski definition) is 2. The molecular formula is C15H20Cl2N2O. The average Bonchev–Trinajstić information content (AvgIpc) is 2.44. The number of nitrogens with two attached hydrogens (primary N) is 1. The van der Waals surface area contributed by atoms with Crippen molar-refractivity contribution < 1.29 is 4.79 Å². The van der Waals surface area contributed by atoms with E-state index in [-0.39, 0.29) is 11.4 Å². The van der Waals surface area contributed by atoms with Crippen molar-refractivity contribution in [1.82, 2.24) is 5.32 Å². The van der Waals surface area contributed by atoms with Gasteiger partial charge in [-0.15, -0.1) is 0 Å². The molecule has 0 spiro atoms. The van der Waals surface area contributed by atoms with Gasteiger partial charge in [-0.2, -0.15) is 0 Å². The lowest BCUT2D eigenvalue weighted by Crippen LogP contribution is -2.59. The molecule has 2 rings (SSSR count). The van der Waals surface area contributed by atoms with E-state index < -0.39 is 0 Å². The second-order valence-electron chi connectivity index (χ2n) is 5.56. The van der Waals surface area contributed by atoms with E-state index in [4.69, 9.17) is 28.9 Å². The maximum absolute atomic E-state index is 12.5. The zero-order valence-electron chi connectivity index (χ0n) is 11.6. The summed E-state index contributed by atoms with van der Waals surface area (Å²) in [6, 6.07) is 5.08. The third kappa shape index (κ3) is 2.95. The molecule has 1 fully saturated rings. The van der Waals surface area contributed by atoms with Crippen LogP contribution in [0, 0.1) is 5.92 Å². The van der Waals surface area contributed by atoms with E-state index >= 15 is 0 Å². The van der Waals surface area contributed by atoms with Crippen LogP contribution in [0.2, 0.25) is 10.0 Å². The summed E-state index contributed by atoms with van der Waals surface area (Å²) in [5, 5.41) is 3.79. The van der Waals surface area contributed by atoms with Gasteiger partial charge in [0.15, 0.2) is 0 Å². The van der Waals surface area contributed by atoms with Crippen LogP contribution in [-0.2, 0) is 0 Å². The molecule has 0 aromatic heterocycles. The minimum absolute atomic E-state index is 0.197. The third-order valence-corrected chi connectivity index (χ3v) is 5.20. The lowest BCUT2D eigenvalue weighted by atomic mass is 9.73. The number of rotatable bonds is 3. The van der Waals surface area contributed by atoms with Gasteiger partial charge in [0, 0.05) is 6.54 Å². The molecule has 1 aromatic rings. The Morgan fingerprint density at radius 1 is 1.45 bits per heavy atom. The minimum atomic E-state index is -0.332. The lowest BCUT2D eigenvalue weighted by Gasteiger charge is -2.42. The second kappa shape index (κ2) is 6.33. The molecule has 3 N–H and O–H groups in total. The van der Waals surface area contributed by atoms with Crippen LogP contribution in [0.1, 0.15) is 43.0 Å². The topological polar surface area (TPSA) is 55.1 Å². The summed E-state index contributed by atoms with van der Waals surface area (Å²) in [7, 11) is 0. The predicted octanol–water partition coefficient (Wildman–Crippen LogP) is 3.63. The SMILES string of the molecule is CC1CCCCC1(CN)NC(=O)c1cccc(Cl)c1Cl. The highest BCUT2D eigenvalue weighted by Gasteiger charge is 2.38. The summed E-state index contributed by atoms with van der Waals surface area (Å²) in [4.78, 5) is 12.5. The van der Waals surface area contributed by atoms with Crippen LogP contribution >= 0.6 is 23.2 Å². The lowest BCUT2D eigenvalue weighted by molar-refractivity contribution is 0.0813. The largest absolute Gasteiger partial charge is 0.345 e. The van der Waals surface area contributed by atoms with Gasteiger partial charge in [0.25, 0.3) is 5.91 Å². The number of hydrogen-bond donors (Lipinski definition) is 2. The number of amides is 1. The van der Waals surface area contributed by atoms with Crippen molar-refractivity contribution >= 4 is 29.1 Å². The number of benzene rings is 1. The normalized spacial score (nSPS) is 26.3. The van der Waals surface area contributed by atoms with Crippen molar-refractivity contribution in [3.63, 3.8) is 0 Å². The molecule has 0 aliphatic heterocycles. The molecule has 0 bridgehead atoms. The predicted molar refractivity (Wildman–Crippen MR) is 83.3 cm³/mol. The Morgan fingerprint density at radius 3 is 2.85 bits per heavy atom. The second-order valence-corrected chi connectivity index (χ2v) is 6.35. The fraction of sp³-hybridized carbons (Fsp3) is 0.533. The molecule has 3 nitrogen and oxygen atoms in total. The molecule has 110 valence electrons. The molecule has 0 radical (unpaired) electrons. The van der Waals surface area contributed by atoms with E-state index in [1.807, 2.05) is 0 Å². The van der Waals surface area contributed by atoms with Crippen LogP contribution in [0.4, 0.5) is 0 Å². The number of carbonyl (C=O) groups is 1. The van der Waals surface area contributed by atoms with Crippen LogP contribution in [0.15, 0.2) is 18.2 Å². The molecule has 1 aromatic carbocycles. The first-order valence-electron chi connectivity index (χ1n) is 6.97. The molecular weight excluding hydrogens is 295 g/mol. The summed E-state index contributed by atoms with van der Waals surface area (Å²) in [6.45, 7) is 2.59. The summed E-state index contributed by atoms with van der Waals surface area (Å²) in [5.74, 6) is 0.167. The van der Waals surface area contributed by atoms with Crippen molar-refractivity contribution in [2.75, 3.05) is 6.54 Å². The van der Waals surface area contributed by atoms with Gasteiger partial charge < -0.3 is 11.1 Å². The highest BCUT2D eigenvalue weighted by atomic mass is 35.5. The average molecular weight is 315 g/mol. The van der Waals surface area contributed by atoms with E-state index in [2.05, 4.69) is 12.2 Å². The first-order chi connectivity index (χ1) is 9.50. The van der Waals surface area contributed by atoms with Gasteiger partial charge in [0.1, 0.15) is 0 Å². The van der Waals surface area contributed by atoms with Crippen LogP contribution in [-0.4, -0.2) is 18.0 Å². The molecule has 2 atom stereocenters. The first-order valence-corrected chi connectivity index (χ1v) is 7.72. The van der Waals surface area contributed by atoms with Crippen LogP contribution in [0.5, 0.6) is 0 Å². The van der Waals surface area contributed by atoms with E-state index in [9.17, 15) is 4.79 Å². The van der Waals surface area contributed by atoms with Crippen molar-refractivity contribution in [3.8, 4) is 0 Å². The zero-order valence-corrected chi connectivity index (χ0v) is 13.1. The van der Waals surface area contributed by atoms with E-state index in [1.165, 1.54) is 6.42 Å². The van der Waals surface area contributed by atoms with E-state index in [0.717, 1.165) is 19.3 Å². The van der Waals surface area contributed by atoms with Gasteiger partial charge in [-0.25, -0.2) is 0 Å². The maximum Gasteiger partial charge on any atom is 0.253 e. The van der Waals surface area contributed by atoms with Crippen LogP contribution in [0.25, 0.3) is 0 Å². The Hall–Kier alpha value is -0.770. The van der Waals surface area contributed by atoms with E-state index in [0.29, 0.717) is 28.1 Å². The van der Waals surface area contributed by atoms with Crippen LogP contribution < -0.4 is 11.1 Å². The molecule has 2 unspecified atom stereocenters. The molecule has 1 saturated carbocycles. The van der Waals surface area contributed by atoms with Gasteiger partial charge in [-0.3, -0.25) is 4.79 Å². The Kier molecular flexibility index (Phi) is 4.95. The van der Waals surface area contributed by atoms with Crippen LogP contribution in [0.3, 0.4) is 0 Å². The third-order valence-electron chi connectivity index (χ3n) is 4.38. The molecule has 0 saturated heterocycles. The summed E-state index contributed by atoms with van der Waals surface area (Å²) >= 11 is 12.1. The van der Waals surface area contributed by atoms with Crippen molar-refractivity contribution in [1.29, 1.82) is 0 Å². The van der Waals surface area contributed by atoms with E-state index in [1.54, 1.807) is 18.2 Å². The Morgan fingerprint density at radius 2 is 2.20 bits per heavy atom. The number of halogens is 2. The highest BCUT2D eigenvalue weighted by molar-refractivity contribution is 6.43. The fourth-order valence-electron chi connectivity index (χ4n) is 2.93. The van der Waals surface area contributed by atoms with Crippen molar-refractivity contribution in [3.05, 3.63) is 33.8 Å². The highest BCUT2D eigenvalue weighted by Crippen LogP contribution is 2.34. The fourth-order valence-corrected chi connectivity index (χ4v) is 3.31. The Bertz CT molecular complexity index is 507. The number of carbonyl (C=O) groups excluding carboxylic acids is 1. The molecule has 5 heteroatoms. The molecule has 1 aliphatic rings. The van der Waals surface area contributed by atoms with Gasteiger partial charge in [-0.05, 0) is 30.9 Å². The Balaban J connectivity index is 2.23. The van der Waals surface area contributed by atoms with Gasteiger partial charge in [-0.1, -0.05) is 49.0 Å². The van der Waals surface area contributed by atoms with Crippen molar-refractivity contribution in [2.24, 2.45) is 11.7 Å². The number of nitrogens with one attached hydrogen (secondary N) is 1. The maximum atomic E-state index is 12.5. The molecule has 0 heterocycles. The molecule has 1 aliphatic carbocycles. The summed E-state index contributed by atoms with van der Waals surface area (Å²) in [5.41, 5.74) is 6.02. The first kappa shape index (κ1) is 15.6. The van der Waals surface area contributed by atoms with Gasteiger partial charge in [0.2, 0.25) is 0 Å². The standard InChI is InChI=1S/C15H20Cl2N2O/c1-10-5-2-3-8-15(10,9-18)19-14(20)11-6-4-7-12(16)13(11)17/h4,6-7,10H,2-3,5,8-9,18H2,1H3,(H,19,20). The Labute approximate surface area is 129 Å². The van der Waals surface area contributed by atoms with Gasteiger partial charge >= 0.3 is 0 Å². The summed E-state index contributed by atoms with van der Waals surface area (Å²) in [6.07, 6.45) is 4.27. The quantitative estimate of drug-likeness (QED) is 0.895. The monoisotopic (exact) mass is 314 g/mol. The smallest absolute Gasteiger partial charge is 0.253 e. The van der Waals surface area contributed by atoms with Crippen molar-refractivity contribution in [2.45, 2.75) is 38.1 Å². The molecule has 1 amide bonds. The minimum Gasteiger partial charge on any atom is -0.345 e.